The van der Waals surface area contributed by atoms with Gasteiger partial charge in [-0.3, -0.25) is 4.18 Å². The third-order valence-electron chi connectivity index (χ3n) is 0.930. The lowest BCUT2D eigenvalue weighted by atomic mass is 10.7. The molecule has 0 saturated heterocycles. The standard InChI is InChI=1S/C5H6F8O3S/c1-17(15-3(6)7,16-5(11,12)13)14-2-4(8,9)10/h3H,2H2,1H3. The van der Waals surface area contributed by atoms with Crippen LogP contribution >= 0.6 is 10.9 Å². The van der Waals surface area contributed by atoms with Gasteiger partial charge in [0.15, 0.2) is 6.61 Å². The molecule has 0 spiro atoms. The van der Waals surface area contributed by atoms with E-state index < -0.39 is 36.6 Å². The average molecular weight is 298 g/mol. The minimum atomic E-state index is -5.47. The Bertz CT molecular complexity index is 240. The predicted octanol–water partition coefficient (Wildman–Crippen LogP) is 3.52. The lowest BCUT2D eigenvalue weighted by molar-refractivity contribution is -0.281. The van der Waals surface area contributed by atoms with Crippen molar-refractivity contribution in [3.05, 3.63) is 0 Å². The Hall–Kier alpha value is -0.330. The third kappa shape index (κ3) is 9.38. The average Bonchev–Trinajstić information content (AvgIpc) is 1.94. The van der Waals surface area contributed by atoms with Crippen molar-refractivity contribution >= 4 is 10.9 Å². The molecule has 0 aromatic heterocycles. The summed E-state index contributed by atoms with van der Waals surface area (Å²) >= 11 is 0. The molecule has 0 heterocycles. The Morgan fingerprint density at radius 2 is 1.53 bits per heavy atom. The Morgan fingerprint density at radius 1 is 1.06 bits per heavy atom. The molecule has 0 radical (unpaired) electrons. The maximum atomic E-state index is 11.7. The molecule has 0 N–H and O–H groups in total. The second-order valence-electron chi connectivity index (χ2n) is 2.47. The summed E-state index contributed by atoms with van der Waals surface area (Å²) in [4.78, 5) is 0. The van der Waals surface area contributed by atoms with Crippen molar-refractivity contribution in [3.63, 3.8) is 0 Å². The van der Waals surface area contributed by atoms with Gasteiger partial charge in [0, 0.05) is 6.26 Å². The van der Waals surface area contributed by atoms with Crippen molar-refractivity contribution in [2.75, 3.05) is 12.9 Å². The molecule has 0 amide bonds. The van der Waals surface area contributed by atoms with E-state index in [1.807, 2.05) is 0 Å². The molecule has 0 aromatic rings. The van der Waals surface area contributed by atoms with Gasteiger partial charge < -0.3 is 0 Å². The van der Waals surface area contributed by atoms with E-state index in [1.165, 1.54) is 0 Å². The van der Waals surface area contributed by atoms with Crippen molar-refractivity contribution in [1.29, 1.82) is 0 Å². The molecule has 0 rings (SSSR count). The predicted molar refractivity (Wildman–Crippen MR) is 39.8 cm³/mol. The van der Waals surface area contributed by atoms with E-state index >= 15 is 0 Å². The van der Waals surface area contributed by atoms with E-state index in [-0.39, 0.29) is 6.26 Å². The van der Waals surface area contributed by atoms with E-state index in [0.29, 0.717) is 0 Å². The first kappa shape index (κ1) is 16.7. The van der Waals surface area contributed by atoms with Crippen molar-refractivity contribution in [2.24, 2.45) is 0 Å². The van der Waals surface area contributed by atoms with Gasteiger partial charge in [0.25, 0.3) is 0 Å². The Balaban J connectivity index is 4.61. The summed E-state index contributed by atoms with van der Waals surface area (Å²) in [5.74, 6) is 0. The van der Waals surface area contributed by atoms with Crippen LogP contribution in [-0.2, 0) is 12.5 Å². The largest absolute Gasteiger partial charge is 0.535 e. The molecule has 0 fully saturated rings. The molecule has 3 nitrogen and oxygen atoms in total. The van der Waals surface area contributed by atoms with E-state index in [1.54, 1.807) is 0 Å². The van der Waals surface area contributed by atoms with Crippen LogP contribution in [0.4, 0.5) is 35.1 Å². The lowest BCUT2D eigenvalue weighted by Gasteiger charge is -2.33. The molecule has 0 saturated carbocycles. The minimum absolute atomic E-state index is 0.221. The van der Waals surface area contributed by atoms with Gasteiger partial charge in [0.2, 0.25) is 0 Å². The molecule has 0 bridgehead atoms. The summed E-state index contributed by atoms with van der Waals surface area (Å²) in [6, 6.07) is 0. The van der Waals surface area contributed by atoms with E-state index in [4.69, 9.17) is 0 Å². The van der Waals surface area contributed by atoms with Crippen LogP contribution in [0.3, 0.4) is 0 Å². The summed E-state index contributed by atoms with van der Waals surface area (Å²) in [7, 11) is -4.52. The monoisotopic (exact) mass is 298 g/mol. The number of hydrogen-bond acceptors (Lipinski definition) is 3. The molecule has 1 atom stereocenters. The van der Waals surface area contributed by atoms with E-state index in [2.05, 4.69) is 12.5 Å². The van der Waals surface area contributed by atoms with Crippen molar-refractivity contribution in [3.8, 4) is 0 Å². The van der Waals surface area contributed by atoms with Gasteiger partial charge in [0.1, 0.15) is 0 Å². The molecular formula is C5H6F8O3S. The van der Waals surface area contributed by atoms with Crippen molar-refractivity contribution in [1.82, 2.24) is 0 Å². The molecular weight excluding hydrogens is 292 g/mol. The first-order valence-electron chi connectivity index (χ1n) is 3.56. The molecule has 0 aromatic carbocycles. The van der Waals surface area contributed by atoms with Gasteiger partial charge >= 0.3 is 19.2 Å². The third-order valence-corrected chi connectivity index (χ3v) is 2.46. The summed E-state index contributed by atoms with van der Waals surface area (Å²) in [5.41, 5.74) is 0. The SMILES string of the molecule is CS(OCC(F)(F)F)(OC(F)F)OC(F)(F)F. The first-order valence-corrected chi connectivity index (χ1v) is 5.38. The van der Waals surface area contributed by atoms with Gasteiger partial charge in [-0.15, -0.1) is 13.2 Å². The zero-order valence-electron chi connectivity index (χ0n) is 7.94. The molecule has 12 heteroatoms. The Labute approximate surface area is 91.6 Å². The fourth-order valence-corrected chi connectivity index (χ4v) is 1.65. The summed E-state index contributed by atoms with van der Waals surface area (Å²) in [5, 5.41) is 0. The number of hydrogen-bond donors (Lipinski definition) is 0. The quantitative estimate of drug-likeness (QED) is 0.727. The normalized spacial score (nSPS) is 19.2. The van der Waals surface area contributed by atoms with Crippen LogP contribution < -0.4 is 0 Å². The van der Waals surface area contributed by atoms with Gasteiger partial charge in [-0.2, -0.15) is 26.1 Å². The van der Waals surface area contributed by atoms with Crippen LogP contribution in [0.15, 0.2) is 0 Å². The highest BCUT2D eigenvalue weighted by atomic mass is 32.3. The first-order chi connectivity index (χ1) is 7.33. The molecule has 0 aliphatic rings. The smallest absolute Gasteiger partial charge is 0.283 e. The minimum Gasteiger partial charge on any atom is -0.283 e. The lowest BCUT2D eigenvalue weighted by Crippen LogP contribution is -2.26. The summed E-state index contributed by atoms with van der Waals surface area (Å²) in [6.07, 6.45) is -10.3. The Morgan fingerprint density at radius 3 is 1.82 bits per heavy atom. The summed E-state index contributed by atoms with van der Waals surface area (Å²) in [6.45, 7) is -5.98. The number of rotatable bonds is 5. The van der Waals surface area contributed by atoms with Gasteiger partial charge in [-0.05, 0) is 0 Å². The van der Waals surface area contributed by atoms with Gasteiger partial charge in [-0.25, -0.2) is 4.18 Å². The van der Waals surface area contributed by atoms with Crippen LogP contribution in [0.1, 0.15) is 0 Å². The van der Waals surface area contributed by atoms with Crippen molar-refractivity contribution in [2.45, 2.75) is 19.2 Å². The van der Waals surface area contributed by atoms with Crippen LogP contribution in [-0.4, -0.2) is 32.0 Å². The molecule has 0 aliphatic carbocycles. The van der Waals surface area contributed by atoms with E-state index in [9.17, 15) is 35.1 Å². The second kappa shape index (κ2) is 5.54. The van der Waals surface area contributed by atoms with E-state index in [0.717, 1.165) is 0 Å². The summed E-state index contributed by atoms with van der Waals surface area (Å²) < 4.78 is 104. The van der Waals surface area contributed by atoms with Crippen LogP contribution in [0.2, 0.25) is 0 Å². The van der Waals surface area contributed by atoms with Gasteiger partial charge in [0.05, 0.1) is 10.9 Å². The fraction of sp³-hybridized carbons (Fsp3) is 1.00. The van der Waals surface area contributed by atoms with Gasteiger partial charge in [-0.1, -0.05) is 0 Å². The van der Waals surface area contributed by atoms with Crippen molar-refractivity contribution < 1.29 is 47.7 Å². The topological polar surface area (TPSA) is 27.7 Å². The highest BCUT2D eigenvalue weighted by Crippen LogP contribution is 2.54. The van der Waals surface area contributed by atoms with Crippen LogP contribution in [0.25, 0.3) is 0 Å². The molecule has 106 valence electrons. The van der Waals surface area contributed by atoms with Crippen LogP contribution in [0.5, 0.6) is 0 Å². The van der Waals surface area contributed by atoms with Crippen LogP contribution in [0, 0.1) is 0 Å². The second-order valence-corrected chi connectivity index (χ2v) is 4.47. The highest BCUT2D eigenvalue weighted by molar-refractivity contribution is 8.21. The molecule has 1 unspecified atom stereocenters. The zero-order valence-corrected chi connectivity index (χ0v) is 8.76. The fourth-order valence-electron chi connectivity index (χ4n) is 0.549. The maximum absolute atomic E-state index is 11.7. The molecule has 0 aliphatic heterocycles. The zero-order chi connectivity index (χ0) is 13.9. The maximum Gasteiger partial charge on any atom is 0.535 e. The number of alkyl halides is 8. The number of halogens is 8. The highest BCUT2D eigenvalue weighted by Gasteiger charge is 2.43. The molecule has 17 heavy (non-hydrogen) atoms. The Kier molecular flexibility index (Phi) is 5.43.